The molecule has 0 unspecified atom stereocenters. The van der Waals surface area contributed by atoms with Crippen molar-refractivity contribution in [1.82, 2.24) is 0 Å². The molecule has 0 N–H and O–H groups in total. The normalized spacial score (nSPS) is 41.0. The molecule has 0 bridgehead atoms. The summed E-state index contributed by atoms with van der Waals surface area (Å²) in [6.07, 6.45) is 6.50. The first-order valence-corrected chi connectivity index (χ1v) is 4.89. The van der Waals surface area contributed by atoms with Gasteiger partial charge in [-0.25, -0.2) is 0 Å². The monoisotopic (exact) mass is 148 g/mol. The first-order valence-electron chi connectivity index (χ1n) is 4.89. The minimum atomic E-state index is 1.06. The first-order chi connectivity index (χ1) is 5.43. The lowest BCUT2D eigenvalue weighted by molar-refractivity contribution is 0.618. The van der Waals surface area contributed by atoms with E-state index in [1.165, 1.54) is 19.3 Å². The van der Waals surface area contributed by atoms with Crippen molar-refractivity contribution in [2.75, 3.05) is 0 Å². The Morgan fingerprint density at radius 2 is 1.64 bits per heavy atom. The molecule has 0 saturated heterocycles. The van der Waals surface area contributed by atoms with Crippen molar-refractivity contribution in [3.63, 3.8) is 0 Å². The van der Waals surface area contributed by atoms with E-state index in [9.17, 15) is 0 Å². The largest absolute Gasteiger partial charge is 0.103 e. The van der Waals surface area contributed by atoms with Gasteiger partial charge in [-0.15, -0.1) is 11.8 Å². The standard InChI is InChI=1S/C11H16/c1-2-9-10-7-5-3-4-6-8-11(9)10/h9-11H,2,5-8H2,1H3/t9-,10+,11-. The highest BCUT2D eigenvalue weighted by molar-refractivity contribution is 5.07. The third kappa shape index (κ3) is 1.29. The topological polar surface area (TPSA) is 0 Å². The fourth-order valence-electron chi connectivity index (χ4n) is 2.64. The Morgan fingerprint density at radius 3 is 2.09 bits per heavy atom. The Hall–Kier alpha value is -0.440. The molecule has 0 aromatic carbocycles. The van der Waals surface area contributed by atoms with E-state index in [0.29, 0.717) is 0 Å². The molecule has 1 fully saturated rings. The van der Waals surface area contributed by atoms with Crippen molar-refractivity contribution in [3.05, 3.63) is 0 Å². The minimum absolute atomic E-state index is 1.06. The van der Waals surface area contributed by atoms with Gasteiger partial charge in [0.25, 0.3) is 0 Å². The van der Waals surface area contributed by atoms with E-state index in [0.717, 1.165) is 30.6 Å². The Morgan fingerprint density at radius 1 is 1.09 bits per heavy atom. The number of hydrogen-bond donors (Lipinski definition) is 0. The van der Waals surface area contributed by atoms with Crippen LogP contribution in [0.5, 0.6) is 0 Å². The van der Waals surface area contributed by atoms with Gasteiger partial charge in [-0.05, 0) is 30.6 Å². The van der Waals surface area contributed by atoms with Crippen LogP contribution in [0, 0.1) is 29.6 Å². The fraction of sp³-hybridized carbons (Fsp3) is 0.818. The molecule has 0 aromatic rings. The molecule has 0 spiro atoms. The van der Waals surface area contributed by atoms with Crippen molar-refractivity contribution in [3.8, 4) is 11.8 Å². The molecular formula is C11H16. The third-order valence-electron chi connectivity index (χ3n) is 3.31. The highest BCUT2D eigenvalue weighted by Gasteiger charge is 2.46. The molecular weight excluding hydrogens is 132 g/mol. The highest BCUT2D eigenvalue weighted by Crippen LogP contribution is 2.53. The smallest absolute Gasteiger partial charge is 0.00915 e. The van der Waals surface area contributed by atoms with Gasteiger partial charge in [0.2, 0.25) is 0 Å². The third-order valence-corrected chi connectivity index (χ3v) is 3.31. The molecule has 0 amide bonds. The summed E-state index contributed by atoms with van der Waals surface area (Å²) in [5, 5.41) is 0. The summed E-state index contributed by atoms with van der Waals surface area (Å²) in [5.74, 6) is 9.67. The average Bonchev–Trinajstić information content (AvgIpc) is 2.60. The quantitative estimate of drug-likeness (QED) is 0.502. The first kappa shape index (κ1) is 7.22. The maximum atomic E-state index is 3.24. The lowest BCUT2D eigenvalue weighted by Gasteiger charge is -1.96. The van der Waals surface area contributed by atoms with Crippen molar-refractivity contribution in [2.45, 2.75) is 39.0 Å². The van der Waals surface area contributed by atoms with Crippen molar-refractivity contribution in [2.24, 2.45) is 17.8 Å². The van der Waals surface area contributed by atoms with Gasteiger partial charge < -0.3 is 0 Å². The Labute approximate surface area is 69.4 Å². The lowest BCUT2D eigenvalue weighted by atomic mass is 10.1. The molecule has 1 saturated carbocycles. The van der Waals surface area contributed by atoms with Gasteiger partial charge in [-0.1, -0.05) is 13.3 Å². The van der Waals surface area contributed by atoms with Crippen LogP contribution in [0.2, 0.25) is 0 Å². The van der Waals surface area contributed by atoms with Gasteiger partial charge in [0.05, 0.1) is 0 Å². The van der Waals surface area contributed by atoms with E-state index < -0.39 is 0 Å². The maximum absolute atomic E-state index is 3.24. The molecule has 0 nitrogen and oxygen atoms in total. The van der Waals surface area contributed by atoms with Gasteiger partial charge in [0, 0.05) is 12.8 Å². The second-order valence-electron chi connectivity index (χ2n) is 3.83. The van der Waals surface area contributed by atoms with Gasteiger partial charge in [-0.2, -0.15) is 0 Å². The average molecular weight is 148 g/mol. The van der Waals surface area contributed by atoms with Crippen LogP contribution in [0.25, 0.3) is 0 Å². The lowest BCUT2D eigenvalue weighted by Crippen LogP contribution is -1.85. The summed E-state index contributed by atoms with van der Waals surface area (Å²) in [6.45, 7) is 2.33. The minimum Gasteiger partial charge on any atom is -0.103 e. The van der Waals surface area contributed by atoms with Crippen molar-refractivity contribution >= 4 is 0 Å². The van der Waals surface area contributed by atoms with Gasteiger partial charge in [0.1, 0.15) is 0 Å². The van der Waals surface area contributed by atoms with E-state index in [-0.39, 0.29) is 0 Å². The van der Waals surface area contributed by atoms with Crippen LogP contribution < -0.4 is 0 Å². The molecule has 0 heterocycles. The second kappa shape index (κ2) is 2.89. The van der Waals surface area contributed by atoms with E-state index >= 15 is 0 Å². The molecule has 2 rings (SSSR count). The van der Waals surface area contributed by atoms with Crippen LogP contribution in [-0.2, 0) is 0 Å². The van der Waals surface area contributed by atoms with Crippen LogP contribution in [0.4, 0.5) is 0 Å². The Balaban J connectivity index is 1.93. The zero-order chi connectivity index (χ0) is 7.68. The van der Waals surface area contributed by atoms with E-state index in [1.807, 2.05) is 0 Å². The van der Waals surface area contributed by atoms with E-state index in [1.54, 1.807) is 0 Å². The van der Waals surface area contributed by atoms with Gasteiger partial charge in [-0.3, -0.25) is 0 Å². The van der Waals surface area contributed by atoms with Crippen LogP contribution in [0.3, 0.4) is 0 Å². The molecule has 0 aliphatic heterocycles. The zero-order valence-corrected chi connectivity index (χ0v) is 7.27. The predicted molar refractivity (Wildman–Crippen MR) is 47.0 cm³/mol. The molecule has 2 aliphatic carbocycles. The molecule has 3 atom stereocenters. The maximum Gasteiger partial charge on any atom is 0.00915 e. The number of hydrogen-bond acceptors (Lipinski definition) is 0. The molecule has 2 aliphatic rings. The molecule has 0 heteroatoms. The summed E-state index contributed by atoms with van der Waals surface area (Å²) in [6, 6.07) is 0. The van der Waals surface area contributed by atoms with Gasteiger partial charge in [0.15, 0.2) is 0 Å². The summed E-state index contributed by atoms with van der Waals surface area (Å²) in [7, 11) is 0. The second-order valence-corrected chi connectivity index (χ2v) is 3.83. The van der Waals surface area contributed by atoms with Crippen LogP contribution in [-0.4, -0.2) is 0 Å². The molecule has 0 aromatic heterocycles. The zero-order valence-electron chi connectivity index (χ0n) is 7.27. The van der Waals surface area contributed by atoms with Gasteiger partial charge >= 0.3 is 0 Å². The molecule has 0 radical (unpaired) electrons. The number of fused-ring (bicyclic) bond motifs is 1. The number of rotatable bonds is 1. The van der Waals surface area contributed by atoms with Crippen LogP contribution in [0.1, 0.15) is 39.0 Å². The summed E-state index contributed by atoms with van der Waals surface area (Å²) < 4.78 is 0. The van der Waals surface area contributed by atoms with E-state index in [2.05, 4.69) is 18.8 Å². The fourth-order valence-corrected chi connectivity index (χ4v) is 2.64. The summed E-state index contributed by atoms with van der Waals surface area (Å²) in [4.78, 5) is 0. The van der Waals surface area contributed by atoms with Crippen LogP contribution >= 0.6 is 0 Å². The van der Waals surface area contributed by atoms with Crippen molar-refractivity contribution < 1.29 is 0 Å². The molecule has 60 valence electrons. The summed E-state index contributed by atoms with van der Waals surface area (Å²) >= 11 is 0. The Bertz CT molecular complexity index is 176. The SMILES string of the molecule is CC[C@H]1[C@H]2CCC#CCC[C@@H]12. The predicted octanol–water partition coefficient (Wildman–Crippen LogP) is 2.84. The Kier molecular flexibility index (Phi) is 1.90. The highest BCUT2D eigenvalue weighted by atomic mass is 14.5. The van der Waals surface area contributed by atoms with Crippen LogP contribution in [0.15, 0.2) is 0 Å². The van der Waals surface area contributed by atoms with Crippen molar-refractivity contribution in [1.29, 1.82) is 0 Å². The summed E-state index contributed by atoms with van der Waals surface area (Å²) in [5.41, 5.74) is 0. The van der Waals surface area contributed by atoms with E-state index in [4.69, 9.17) is 0 Å². The molecule has 11 heavy (non-hydrogen) atoms.